The molecule has 26 heavy (non-hydrogen) atoms. The van der Waals surface area contributed by atoms with Crippen LogP contribution in [0.2, 0.25) is 0 Å². The SMILES string of the molecule is C[C@H](NC(=O)CCCc1nc2ccccc2c(=O)[nH]1)c1ccccc1Br. The number of H-pyrrole nitrogens is 1. The van der Waals surface area contributed by atoms with Gasteiger partial charge in [0, 0.05) is 17.3 Å². The van der Waals surface area contributed by atoms with Crippen molar-refractivity contribution in [3.05, 3.63) is 74.7 Å². The van der Waals surface area contributed by atoms with Gasteiger partial charge in [-0.1, -0.05) is 46.3 Å². The van der Waals surface area contributed by atoms with Crippen LogP contribution in [-0.2, 0) is 11.2 Å². The van der Waals surface area contributed by atoms with Crippen molar-refractivity contribution >= 4 is 32.7 Å². The van der Waals surface area contributed by atoms with Crippen LogP contribution >= 0.6 is 15.9 Å². The van der Waals surface area contributed by atoms with Crippen molar-refractivity contribution in [1.29, 1.82) is 0 Å². The lowest BCUT2D eigenvalue weighted by molar-refractivity contribution is -0.121. The molecule has 0 saturated carbocycles. The highest BCUT2D eigenvalue weighted by molar-refractivity contribution is 9.10. The molecule has 0 aliphatic carbocycles. The number of aryl methyl sites for hydroxylation is 1. The minimum Gasteiger partial charge on any atom is -0.350 e. The molecule has 0 bridgehead atoms. The summed E-state index contributed by atoms with van der Waals surface area (Å²) in [7, 11) is 0. The Morgan fingerprint density at radius 2 is 1.92 bits per heavy atom. The van der Waals surface area contributed by atoms with Gasteiger partial charge in [-0.05, 0) is 37.1 Å². The van der Waals surface area contributed by atoms with E-state index < -0.39 is 0 Å². The van der Waals surface area contributed by atoms with E-state index in [4.69, 9.17) is 0 Å². The number of carbonyl (C=O) groups excluding carboxylic acids is 1. The average Bonchev–Trinajstić information content (AvgIpc) is 2.62. The number of amides is 1. The van der Waals surface area contributed by atoms with Crippen molar-refractivity contribution in [3.8, 4) is 0 Å². The first-order valence-corrected chi connectivity index (χ1v) is 9.35. The molecule has 1 atom stereocenters. The lowest BCUT2D eigenvalue weighted by atomic mass is 10.1. The fraction of sp³-hybridized carbons (Fsp3) is 0.250. The van der Waals surface area contributed by atoms with E-state index in [9.17, 15) is 9.59 Å². The summed E-state index contributed by atoms with van der Waals surface area (Å²) in [6.07, 6.45) is 1.55. The molecular formula is C20H20BrN3O2. The Balaban J connectivity index is 1.56. The Bertz CT molecular complexity index is 984. The number of nitrogens with one attached hydrogen (secondary N) is 2. The third-order valence-electron chi connectivity index (χ3n) is 4.23. The number of aromatic nitrogens is 2. The molecule has 3 aromatic rings. The molecule has 1 aromatic heterocycles. The summed E-state index contributed by atoms with van der Waals surface area (Å²) in [5.41, 5.74) is 1.58. The van der Waals surface area contributed by atoms with E-state index in [1.54, 1.807) is 6.07 Å². The second-order valence-corrected chi connectivity index (χ2v) is 7.05. The van der Waals surface area contributed by atoms with E-state index in [1.807, 2.05) is 49.4 Å². The number of hydrogen-bond donors (Lipinski definition) is 2. The predicted molar refractivity (Wildman–Crippen MR) is 106 cm³/mol. The molecule has 0 fully saturated rings. The fourth-order valence-corrected chi connectivity index (χ4v) is 3.52. The smallest absolute Gasteiger partial charge is 0.258 e. The molecule has 0 spiro atoms. The van der Waals surface area contributed by atoms with E-state index in [0.29, 0.717) is 36.0 Å². The van der Waals surface area contributed by atoms with E-state index in [0.717, 1.165) is 10.0 Å². The molecule has 0 aliphatic heterocycles. The third kappa shape index (κ3) is 4.38. The molecule has 6 heteroatoms. The number of rotatable bonds is 6. The number of nitrogens with zero attached hydrogens (tertiary/aromatic N) is 1. The van der Waals surface area contributed by atoms with Crippen molar-refractivity contribution in [2.75, 3.05) is 0 Å². The van der Waals surface area contributed by atoms with E-state index in [-0.39, 0.29) is 17.5 Å². The van der Waals surface area contributed by atoms with E-state index in [1.165, 1.54) is 0 Å². The van der Waals surface area contributed by atoms with Gasteiger partial charge in [-0.25, -0.2) is 4.98 Å². The molecule has 0 radical (unpaired) electrons. The molecule has 1 heterocycles. The maximum absolute atomic E-state index is 12.2. The van der Waals surface area contributed by atoms with E-state index in [2.05, 4.69) is 31.2 Å². The van der Waals surface area contributed by atoms with Crippen molar-refractivity contribution in [2.45, 2.75) is 32.2 Å². The van der Waals surface area contributed by atoms with Crippen LogP contribution in [0.5, 0.6) is 0 Å². The molecule has 2 N–H and O–H groups in total. The average molecular weight is 414 g/mol. The van der Waals surface area contributed by atoms with Crippen LogP contribution in [-0.4, -0.2) is 15.9 Å². The quantitative estimate of drug-likeness (QED) is 0.643. The largest absolute Gasteiger partial charge is 0.350 e. The van der Waals surface area contributed by atoms with Gasteiger partial charge in [0.1, 0.15) is 5.82 Å². The van der Waals surface area contributed by atoms with Crippen LogP contribution in [0.3, 0.4) is 0 Å². The van der Waals surface area contributed by atoms with Gasteiger partial charge in [-0.2, -0.15) is 0 Å². The Morgan fingerprint density at radius 1 is 1.19 bits per heavy atom. The molecule has 0 saturated heterocycles. The number of para-hydroxylation sites is 1. The van der Waals surface area contributed by atoms with Crippen LogP contribution in [0.4, 0.5) is 0 Å². The van der Waals surface area contributed by atoms with Crippen LogP contribution in [0.25, 0.3) is 10.9 Å². The molecule has 1 amide bonds. The number of benzene rings is 2. The summed E-state index contributed by atoms with van der Waals surface area (Å²) in [5, 5.41) is 3.58. The summed E-state index contributed by atoms with van der Waals surface area (Å²) in [5.74, 6) is 0.594. The lowest BCUT2D eigenvalue weighted by Crippen LogP contribution is -2.26. The summed E-state index contributed by atoms with van der Waals surface area (Å²) in [6, 6.07) is 15.0. The highest BCUT2D eigenvalue weighted by Gasteiger charge is 2.12. The minimum atomic E-state index is -0.141. The summed E-state index contributed by atoms with van der Waals surface area (Å²) < 4.78 is 0.978. The van der Waals surface area contributed by atoms with Crippen LogP contribution in [0.15, 0.2) is 57.8 Å². The maximum atomic E-state index is 12.2. The number of hydrogen-bond acceptors (Lipinski definition) is 3. The highest BCUT2D eigenvalue weighted by Crippen LogP contribution is 2.22. The van der Waals surface area contributed by atoms with Gasteiger partial charge in [0.25, 0.3) is 5.56 Å². The van der Waals surface area contributed by atoms with Gasteiger partial charge >= 0.3 is 0 Å². The number of halogens is 1. The van der Waals surface area contributed by atoms with Gasteiger partial charge in [-0.15, -0.1) is 0 Å². The van der Waals surface area contributed by atoms with Crippen molar-refractivity contribution in [2.24, 2.45) is 0 Å². The van der Waals surface area contributed by atoms with Gasteiger partial charge in [-0.3, -0.25) is 9.59 Å². The zero-order valence-electron chi connectivity index (χ0n) is 14.5. The van der Waals surface area contributed by atoms with Crippen LogP contribution < -0.4 is 10.9 Å². The number of carbonyl (C=O) groups is 1. The molecule has 0 unspecified atom stereocenters. The maximum Gasteiger partial charge on any atom is 0.258 e. The standard InChI is InChI=1S/C20H20BrN3O2/c1-13(14-7-2-4-9-16(14)21)22-19(25)12-6-11-18-23-17-10-5-3-8-15(17)20(26)24-18/h2-5,7-10,13H,6,11-12H2,1H3,(H,22,25)(H,23,24,26)/t13-/m0/s1. The van der Waals surface area contributed by atoms with Gasteiger partial charge in [0.05, 0.1) is 16.9 Å². The van der Waals surface area contributed by atoms with E-state index >= 15 is 0 Å². The Morgan fingerprint density at radius 3 is 2.73 bits per heavy atom. The van der Waals surface area contributed by atoms with Crippen LogP contribution in [0, 0.1) is 0 Å². The first-order valence-electron chi connectivity index (χ1n) is 8.56. The lowest BCUT2D eigenvalue weighted by Gasteiger charge is -2.15. The fourth-order valence-electron chi connectivity index (χ4n) is 2.89. The summed E-state index contributed by atoms with van der Waals surface area (Å²) >= 11 is 3.50. The first kappa shape index (κ1) is 18.3. The van der Waals surface area contributed by atoms with Crippen LogP contribution in [0.1, 0.15) is 37.2 Å². The molecular weight excluding hydrogens is 394 g/mol. The second-order valence-electron chi connectivity index (χ2n) is 6.19. The van der Waals surface area contributed by atoms with Crippen molar-refractivity contribution < 1.29 is 4.79 Å². The first-order chi connectivity index (χ1) is 12.5. The zero-order valence-corrected chi connectivity index (χ0v) is 16.0. The minimum absolute atomic E-state index is 0.0172. The molecule has 134 valence electrons. The number of fused-ring (bicyclic) bond motifs is 1. The highest BCUT2D eigenvalue weighted by atomic mass is 79.9. The predicted octanol–water partition coefficient (Wildman–Crippen LogP) is 3.89. The van der Waals surface area contributed by atoms with Crippen molar-refractivity contribution in [3.63, 3.8) is 0 Å². The second kappa shape index (κ2) is 8.27. The Kier molecular flexibility index (Phi) is 5.83. The topological polar surface area (TPSA) is 74.8 Å². The Hall–Kier alpha value is -2.47. The van der Waals surface area contributed by atoms with Gasteiger partial charge in [0.15, 0.2) is 0 Å². The van der Waals surface area contributed by atoms with Crippen molar-refractivity contribution in [1.82, 2.24) is 15.3 Å². The molecule has 2 aromatic carbocycles. The zero-order chi connectivity index (χ0) is 18.5. The third-order valence-corrected chi connectivity index (χ3v) is 4.95. The molecule has 3 rings (SSSR count). The number of aromatic amines is 1. The summed E-state index contributed by atoms with van der Waals surface area (Å²) in [6.45, 7) is 1.96. The molecule has 0 aliphatic rings. The Labute approximate surface area is 160 Å². The normalized spacial score (nSPS) is 12.1. The van der Waals surface area contributed by atoms with Gasteiger partial charge < -0.3 is 10.3 Å². The summed E-state index contributed by atoms with van der Waals surface area (Å²) in [4.78, 5) is 31.5. The van der Waals surface area contributed by atoms with Gasteiger partial charge in [0.2, 0.25) is 5.91 Å². The monoisotopic (exact) mass is 413 g/mol. The molecule has 5 nitrogen and oxygen atoms in total.